The van der Waals surface area contributed by atoms with Gasteiger partial charge in [0.15, 0.2) is 0 Å². The Hall–Kier alpha value is -1.31. The lowest BCUT2D eigenvalue weighted by atomic mass is 9.98. The summed E-state index contributed by atoms with van der Waals surface area (Å²) in [5.74, 6) is 0.0706. The molecule has 68 valence electrons. The van der Waals surface area contributed by atoms with Crippen molar-refractivity contribution in [3.05, 3.63) is 29.3 Å². The number of anilines is 1. The molecule has 0 saturated carbocycles. The van der Waals surface area contributed by atoms with Gasteiger partial charge in [0.1, 0.15) is 6.29 Å². The number of hydrogen-bond donors (Lipinski definition) is 0. The van der Waals surface area contributed by atoms with Crippen molar-refractivity contribution in [2.24, 2.45) is 0 Å². The van der Waals surface area contributed by atoms with E-state index in [1.807, 2.05) is 13.1 Å². The average Bonchev–Trinajstić information content (AvgIpc) is 2.45. The van der Waals surface area contributed by atoms with Crippen molar-refractivity contribution in [1.82, 2.24) is 0 Å². The lowest BCUT2D eigenvalue weighted by Crippen LogP contribution is -2.15. The van der Waals surface area contributed by atoms with Crippen LogP contribution in [0.4, 0.5) is 5.69 Å². The Kier molecular flexibility index (Phi) is 1.83. The van der Waals surface area contributed by atoms with Crippen molar-refractivity contribution in [2.75, 3.05) is 18.5 Å². The van der Waals surface area contributed by atoms with Crippen LogP contribution in [0, 0.1) is 6.92 Å². The Morgan fingerprint density at radius 1 is 1.54 bits per heavy atom. The highest BCUT2D eigenvalue weighted by molar-refractivity contribution is 5.75. The molecule has 0 bridgehead atoms. The lowest BCUT2D eigenvalue weighted by molar-refractivity contribution is -0.108. The van der Waals surface area contributed by atoms with E-state index in [2.05, 4.69) is 24.0 Å². The maximum atomic E-state index is 10.8. The van der Waals surface area contributed by atoms with Crippen LogP contribution >= 0.6 is 0 Å². The van der Waals surface area contributed by atoms with Gasteiger partial charge in [0.2, 0.25) is 0 Å². The number of benzene rings is 1. The molecule has 0 amide bonds. The highest BCUT2D eigenvalue weighted by Gasteiger charge is 2.26. The van der Waals surface area contributed by atoms with Crippen LogP contribution in [-0.4, -0.2) is 19.9 Å². The molecule has 0 aliphatic carbocycles. The third-order valence-electron chi connectivity index (χ3n) is 2.72. The fraction of sp³-hybridized carbons (Fsp3) is 0.364. The van der Waals surface area contributed by atoms with Gasteiger partial charge < -0.3 is 9.69 Å². The smallest absolute Gasteiger partial charge is 0.129 e. The number of nitrogens with zero attached hydrogens (tertiary/aromatic N) is 1. The summed E-state index contributed by atoms with van der Waals surface area (Å²) >= 11 is 0. The summed E-state index contributed by atoms with van der Waals surface area (Å²) in [6.45, 7) is 2.89. The number of aldehydes is 1. The minimum Gasteiger partial charge on any atom is -0.373 e. The first-order chi connectivity index (χ1) is 6.24. The maximum Gasteiger partial charge on any atom is 0.129 e. The van der Waals surface area contributed by atoms with Crippen molar-refractivity contribution in [1.29, 1.82) is 0 Å². The summed E-state index contributed by atoms with van der Waals surface area (Å²) in [7, 11) is 2.03. The van der Waals surface area contributed by atoms with Gasteiger partial charge in [-0.2, -0.15) is 0 Å². The molecular formula is C11H13NO. The van der Waals surface area contributed by atoms with E-state index in [0.717, 1.165) is 12.8 Å². The molecule has 2 rings (SSSR count). The zero-order chi connectivity index (χ0) is 9.42. The van der Waals surface area contributed by atoms with Gasteiger partial charge in [-0.1, -0.05) is 12.1 Å². The summed E-state index contributed by atoms with van der Waals surface area (Å²) < 4.78 is 0. The molecule has 0 radical (unpaired) electrons. The fourth-order valence-electron chi connectivity index (χ4n) is 2.08. The topological polar surface area (TPSA) is 20.3 Å². The number of hydrogen-bond acceptors (Lipinski definition) is 2. The minimum absolute atomic E-state index is 0.0706. The molecule has 0 N–H and O–H groups in total. The van der Waals surface area contributed by atoms with Gasteiger partial charge in [-0.25, -0.2) is 0 Å². The number of carbonyl (C=O) groups excluding carboxylic acids is 1. The molecule has 13 heavy (non-hydrogen) atoms. The van der Waals surface area contributed by atoms with Gasteiger partial charge in [-0.15, -0.1) is 0 Å². The van der Waals surface area contributed by atoms with E-state index in [9.17, 15) is 4.79 Å². The first-order valence-corrected chi connectivity index (χ1v) is 4.50. The number of rotatable bonds is 1. The van der Waals surface area contributed by atoms with E-state index in [0.29, 0.717) is 0 Å². The van der Waals surface area contributed by atoms with Crippen molar-refractivity contribution in [3.63, 3.8) is 0 Å². The van der Waals surface area contributed by atoms with E-state index < -0.39 is 0 Å². The van der Waals surface area contributed by atoms with E-state index in [1.54, 1.807) is 0 Å². The molecule has 1 unspecified atom stereocenters. The number of aryl methyl sites for hydroxylation is 1. The predicted molar refractivity (Wildman–Crippen MR) is 53.3 cm³/mol. The van der Waals surface area contributed by atoms with E-state index in [-0.39, 0.29) is 5.92 Å². The van der Waals surface area contributed by atoms with Crippen LogP contribution in [0.25, 0.3) is 0 Å². The lowest BCUT2D eigenvalue weighted by Gasteiger charge is -2.11. The first kappa shape index (κ1) is 8.30. The second kappa shape index (κ2) is 2.87. The van der Waals surface area contributed by atoms with E-state index in [1.165, 1.54) is 16.8 Å². The van der Waals surface area contributed by atoms with Gasteiger partial charge in [0.05, 0.1) is 5.92 Å². The monoisotopic (exact) mass is 175 g/mol. The third-order valence-corrected chi connectivity index (χ3v) is 2.72. The molecular weight excluding hydrogens is 162 g/mol. The highest BCUT2D eigenvalue weighted by Crippen LogP contribution is 2.35. The molecule has 1 aliphatic heterocycles. The van der Waals surface area contributed by atoms with Crippen LogP contribution in [-0.2, 0) is 4.79 Å². The minimum atomic E-state index is 0.0706. The Balaban J connectivity index is 2.58. The first-order valence-electron chi connectivity index (χ1n) is 4.50. The number of carbonyl (C=O) groups is 1. The van der Waals surface area contributed by atoms with Crippen LogP contribution in [0.15, 0.2) is 18.2 Å². The summed E-state index contributed by atoms with van der Waals surface area (Å²) in [5, 5.41) is 0. The Labute approximate surface area is 78.2 Å². The summed E-state index contributed by atoms with van der Waals surface area (Å²) in [4.78, 5) is 13.0. The molecule has 1 atom stereocenters. The van der Waals surface area contributed by atoms with E-state index in [4.69, 9.17) is 0 Å². The van der Waals surface area contributed by atoms with Gasteiger partial charge in [-0.05, 0) is 24.1 Å². The van der Waals surface area contributed by atoms with Crippen molar-refractivity contribution < 1.29 is 4.79 Å². The molecule has 0 fully saturated rings. The van der Waals surface area contributed by atoms with Crippen LogP contribution in [0.2, 0.25) is 0 Å². The second-order valence-corrected chi connectivity index (χ2v) is 3.63. The van der Waals surface area contributed by atoms with Crippen molar-refractivity contribution >= 4 is 12.0 Å². The quantitative estimate of drug-likeness (QED) is 0.606. The fourth-order valence-corrected chi connectivity index (χ4v) is 2.08. The molecule has 1 aromatic carbocycles. The Morgan fingerprint density at radius 3 is 3.00 bits per heavy atom. The maximum absolute atomic E-state index is 10.8. The van der Waals surface area contributed by atoms with Gasteiger partial charge in [0, 0.05) is 19.3 Å². The zero-order valence-electron chi connectivity index (χ0n) is 7.95. The Morgan fingerprint density at radius 2 is 2.31 bits per heavy atom. The molecule has 1 aromatic rings. The van der Waals surface area contributed by atoms with Crippen molar-refractivity contribution in [3.8, 4) is 0 Å². The molecule has 1 heterocycles. The highest BCUT2D eigenvalue weighted by atomic mass is 16.1. The van der Waals surface area contributed by atoms with Gasteiger partial charge >= 0.3 is 0 Å². The summed E-state index contributed by atoms with van der Waals surface area (Å²) in [5.41, 5.74) is 3.64. The van der Waals surface area contributed by atoms with Crippen molar-refractivity contribution in [2.45, 2.75) is 12.8 Å². The largest absolute Gasteiger partial charge is 0.373 e. The molecule has 2 heteroatoms. The summed E-state index contributed by atoms with van der Waals surface area (Å²) in [6.07, 6.45) is 1.05. The molecule has 1 aliphatic rings. The normalized spacial score (nSPS) is 20.2. The Bertz CT molecular complexity index is 346. The SMILES string of the molecule is Cc1cccc2c1C(C=O)CN2C. The second-order valence-electron chi connectivity index (χ2n) is 3.63. The van der Waals surface area contributed by atoms with Crippen LogP contribution in [0.5, 0.6) is 0 Å². The average molecular weight is 175 g/mol. The standard InChI is InChI=1S/C11H13NO/c1-8-4-3-5-10-11(8)9(7-13)6-12(10)2/h3-5,7,9H,6H2,1-2H3. The number of fused-ring (bicyclic) bond motifs is 1. The number of likely N-dealkylation sites (N-methyl/N-ethyl adjacent to an activating group) is 1. The molecule has 0 saturated heterocycles. The zero-order valence-corrected chi connectivity index (χ0v) is 7.95. The van der Waals surface area contributed by atoms with Crippen LogP contribution in [0.1, 0.15) is 17.0 Å². The molecule has 0 aromatic heterocycles. The molecule has 0 spiro atoms. The predicted octanol–water partition coefficient (Wildman–Crippen LogP) is 1.73. The van der Waals surface area contributed by atoms with E-state index >= 15 is 0 Å². The third kappa shape index (κ3) is 1.13. The van der Waals surface area contributed by atoms with Gasteiger partial charge in [0.25, 0.3) is 0 Å². The molecule has 2 nitrogen and oxygen atoms in total. The van der Waals surface area contributed by atoms with Crippen LogP contribution < -0.4 is 4.90 Å². The van der Waals surface area contributed by atoms with Gasteiger partial charge in [-0.3, -0.25) is 0 Å². The summed E-state index contributed by atoms with van der Waals surface area (Å²) in [6, 6.07) is 6.18. The van der Waals surface area contributed by atoms with Crippen LogP contribution in [0.3, 0.4) is 0 Å².